The van der Waals surface area contributed by atoms with Gasteiger partial charge >= 0.3 is 0 Å². The number of hydrogen-bond donors (Lipinski definition) is 0. The minimum atomic E-state index is 0.906. The SMILES string of the molecule is C1CC2CC3CC1C2C3.C1CC2CCC3CCC2(C1)C3.CC. The first kappa shape index (κ1) is 15.5. The maximum Gasteiger partial charge on any atom is -0.0266 e. The van der Waals surface area contributed by atoms with Gasteiger partial charge < -0.3 is 0 Å². The molecule has 0 aromatic carbocycles. The van der Waals surface area contributed by atoms with E-state index in [0.717, 1.165) is 11.3 Å². The van der Waals surface area contributed by atoms with Gasteiger partial charge in [-0.3, -0.25) is 0 Å². The fraction of sp³-hybridized carbons (Fsp3) is 1.00. The second kappa shape index (κ2) is 6.14. The molecule has 0 aromatic heterocycles. The Balaban J connectivity index is 0.000000104. The topological polar surface area (TPSA) is 0 Å². The molecule has 0 aliphatic heterocycles. The van der Waals surface area contributed by atoms with Gasteiger partial charge in [-0.1, -0.05) is 26.7 Å². The average Bonchev–Trinajstić information content (AvgIpc) is 3.32. The summed E-state index contributed by atoms with van der Waals surface area (Å²) in [5.74, 6) is 7.13. The van der Waals surface area contributed by atoms with Crippen molar-refractivity contribution in [1.82, 2.24) is 0 Å². The molecular weight excluding hydrogens is 264 g/mol. The first-order valence-corrected chi connectivity index (χ1v) is 10.8. The molecule has 4 bridgehead atoms. The molecule has 5 atom stereocenters. The van der Waals surface area contributed by atoms with Gasteiger partial charge in [-0.05, 0) is 112 Å². The highest BCUT2D eigenvalue weighted by atomic mass is 14.6. The molecular formula is C22H38. The molecule has 0 heteroatoms. The smallest absolute Gasteiger partial charge is 0.0266 e. The van der Waals surface area contributed by atoms with Gasteiger partial charge in [0.1, 0.15) is 0 Å². The normalized spacial score (nSPS) is 52.6. The van der Waals surface area contributed by atoms with Gasteiger partial charge in [0.2, 0.25) is 0 Å². The zero-order valence-corrected chi connectivity index (χ0v) is 15.2. The predicted octanol–water partition coefficient (Wildman–Crippen LogP) is 6.84. The van der Waals surface area contributed by atoms with Crippen LogP contribution in [0.15, 0.2) is 0 Å². The molecule has 6 aliphatic rings. The Morgan fingerprint density at radius 2 is 1.45 bits per heavy atom. The summed E-state index contributed by atoms with van der Waals surface area (Å²) in [6.07, 6.45) is 20.7. The minimum absolute atomic E-state index is 0.906. The highest BCUT2D eigenvalue weighted by Gasteiger charge is 2.50. The Morgan fingerprint density at radius 1 is 0.682 bits per heavy atom. The van der Waals surface area contributed by atoms with E-state index in [0.29, 0.717) is 0 Å². The van der Waals surface area contributed by atoms with E-state index in [9.17, 15) is 0 Å². The molecule has 0 aromatic rings. The van der Waals surface area contributed by atoms with E-state index in [1.165, 1.54) is 29.6 Å². The van der Waals surface area contributed by atoms with Gasteiger partial charge in [-0.2, -0.15) is 0 Å². The molecule has 6 fully saturated rings. The molecule has 5 unspecified atom stereocenters. The van der Waals surface area contributed by atoms with Crippen molar-refractivity contribution < 1.29 is 0 Å². The van der Waals surface area contributed by atoms with Crippen LogP contribution in [0.1, 0.15) is 97.3 Å². The lowest BCUT2D eigenvalue weighted by Gasteiger charge is -2.35. The molecule has 6 aliphatic carbocycles. The summed E-state index contributed by atoms with van der Waals surface area (Å²) in [6.45, 7) is 4.00. The van der Waals surface area contributed by atoms with E-state index in [1.54, 1.807) is 83.5 Å². The van der Waals surface area contributed by atoms with Gasteiger partial charge in [0.05, 0.1) is 0 Å². The van der Waals surface area contributed by atoms with Crippen LogP contribution in [0.3, 0.4) is 0 Å². The maximum absolute atomic E-state index is 2.00. The van der Waals surface area contributed by atoms with Gasteiger partial charge in [0, 0.05) is 0 Å². The third-order valence-corrected chi connectivity index (χ3v) is 8.76. The Morgan fingerprint density at radius 3 is 2.14 bits per heavy atom. The van der Waals surface area contributed by atoms with Crippen LogP contribution in [0.2, 0.25) is 0 Å². The van der Waals surface area contributed by atoms with Gasteiger partial charge in [0.25, 0.3) is 0 Å². The standard InChI is InChI=1S/C11H18.C9H14.C2H6/c1-2-10-4-3-9-5-7-11(10,6-1)8-9;1-2-8-4-6-3-7(1)9(8)5-6;1-2/h9-10H,1-8H2;6-9H,1-5H2;1-2H3. The lowest BCUT2D eigenvalue weighted by molar-refractivity contribution is 0.148. The summed E-state index contributed by atoms with van der Waals surface area (Å²) in [7, 11) is 0. The summed E-state index contributed by atoms with van der Waals surface area (Å²) in [5.41, 5.74) is 0.906. The van der Waals surface area contributed by atoms with Gasteiger partial charge in [-0.15, -0.1) is 0 Å². The Hall–Kier alpha value is 0. The van der Waals surface area contributed by atoms with Crippen molar-refractivity contribution in [1.29, 1.82) is 0 Å². The van der Waals surface area contributed by atoms with E-state index in [1.807, 2.05) is 13.8 Å². The van der Waals surface area contributed by atoms with Crippen molar-refractivity contribution in [2.75, 3.05) is 0 Å². The van der Waals surface area contributed by atoms with Crippen molar-refractivity contribution in [3.05, 3.63) is 0 Å². The number of fused-ring (bicyclic) bond motifs is 2. The lowest BCUT2D eigenvalue weighted by atomic mass is 9.70. The second-order valence-corrected chi connectivity index (χ2v) is 9.47. The molecule has 0 N–H and O–H groups in total. The second-order valence-electron chi connectivity index (χ2n) is 9.47. The zero-order chi connectivity index (χ0) is 15.2. The molecule has 0 radical (unpaired) electrons. The highest BCUT2D eigenvalue weighted by molar-refractivity contribution is 5.01. The van der Waals surface area contributed by atoms with Crippen molar-refractivity contribution in [2.45, 2.75) is 97.3 Å². The summed E-state index contributed by atoms with van der Waals surface area (Å²) in [6, 6.07) is 0. The average molecular weight is 303 g/mol. The maximum atomic E-state index is 2.00. The monoisotopic (exact) mass is 302 g/mol. The van der Waals surface area contributed by atoms with Gasteiger partial charge in [-0.25, -0.2) is 0 Å². The van der Waals surface area contributed by atoms with Crippen molar-refractivity contribution in [3.63, 3.8) is 0 Å². The summed E-state index contributed by atoms with van der Waals surface area (Å²) in [4.78, 5) is 0. The largest absolute Gasteiger partial charge is 0.0683 e. The molecule has 6 rings (SSSR count). The summed E-state index contributed by atoms with van der Waals surface area (Å²) in [5, 5.41) is 0. The molecule has 126 valence electrons. The lowest BCUT2D eigenvalue weighted by Crippen LogP contribution is -2.25. The summed E-state index contributed by atoms with van der Waals surface area (Å²) >= 11 is 0. The molecule has 0 saturated heterocycles. The highest BCUT2D eigenvalue weighted by Crippen LogP contribution is 2.62. The molecule has 0 amide bonds. The Labute approximate surface area is 138 Å². The molecule has 1 spiro atoms. The fourth-order valence-electron chi connectivity index (χ4n) is 7.95. The number of rotatable bonds is 0. The van der Waals surface area contributed by atoms with Crippen molar-refractivity contribution >= 4 is 0 Å². The van der Waals surface area contributed by atoms with Crippen LogP contribution in [-0.4, -0.2) is 0 Å². The van der Waals surface area contributed by atoms with Crippen molar-refractivity contribution in [2.24, 2.45) is 40.9 Å². The summed E-state index contributed by atoms with van der Waals surface area (Å²) < 4.78 is 0. The van der Waals surface area contributed by atoms with E-state index in [-0.39, 0.29) is 0 Å². The molecule has 6 saturated carbocycles. The van der Waals surface area contributed by atoms with Crippen LogP contribution in [0.5, 0.6) is 0 Å². The van der Waals surface area contributed by atoms with Gasteiger partial charge in [0.15, 0.2) is 0 Å². The number of hydrogen-bond acceptors (Lipinski definition) is 0. The Kier molecular flexibility index (Phi) is 4.33. The van der Waals surface area contributed by atoms with Crippen LogP contribution in [-0.2, 0) is 0 Å². The van der Waals surface area contributed by atoms with E-state index in [4.69, 9.17) is 0 Å². The zero-order valence-electron chi connectivity index (χ0n) is 15.2. The van der Waals surface area contributed by atoms with E-state index < -0.39 is 0 Å². The van der Waals surface area contributed by atoms with E-state index in [2.05, 4.69) is 0 Å². The molecule has 0 heterocycles. The first-order valence-electron chi connectivity index (χ1n) is 10.8. The van der Waals surface area contributed by atoms with Crippen LogP contribution in [0.25, 0.3) is 0 Å². The van der Waals surface area contributed by atoms with Crippen LogP contribution < -0.4 is 0 Å². The Bertz CT molecular complexity index is 367. The van der Waals surface area contributed by atoms with Crippen LogP contribution >= 0.6 is 0 Å². The first-order chi connectivity index (χ1) is 10.8. The predicted molar refractivity (Wildman–Crippen MR) is 94.7 cm³/mol. The van der Waals surface area contributed by atoms with Crippen LogP contribution in [0, 0.1) is 40.9 Å². The third kappa shape index (κ3) is 2.48. The van der Waals surface area contributed by atoms with E-state index >= 15 is 0 Å². The molecule has 22 heavy (non-hydrogen) atoms. The molecule has 0 nitrogen and oxygen atoms in total. The van der Waals surface area contributed by atoms with Crippen molar-refractivity contribution in [3.8, 4) is 0 Å². The third-order valence-electron chi connectivity index (χ3n) is 8.76. The fourth-order valence-corrected chi connectivity index (χ4v) is 7.95. The minimum Gasteiger partial charge on any atom is -0.0683 e. The quantitative estimate of drug-likeness (QED) is 0.459. The van der Waals surface area contributed by atoms with Crippen LogP contribution in [0.4, 0.5) is 0 Å².